The van der Waals surface area contributed by atoms with Crippen LogP contribution in [-0.4, -0.2) is 42.0 Å². The molecule has 1 aliphatic rings. The number of rotatable bonds is 2. The topological polar surface area (TPSA) is 50.5 Å². The standard InChI is InChI=1S/C15H16ClN3O2S/c1-17-15(22)19-5-6-20-9-13(19)12-8-14(21-18-12)10-3-2-4-11(16)7-10/h2-4,7-8,13H,5-6,9H2,1H3,(H,17,22). The van der Waals surface area contributed by atoms with Crippen molar-refractivity contribution < 1.29 is 9.26 Å². The Kier molecular flexibility index (Phi) is 4.61. The molecule has 1 aliphatic heterocycles. The van der Waals surface area contributed by atoms with Crippen molar-refractivity contribution in [2.75, 3.05) is 26.8 Å². The summed E-state index contributed by atoms with van der Waals surface area (Å²) in [5.74, 6) is 0.679. The second-order valence-electron chi connectivity index (χ2n) is 4.97. The molecule has 0 saturated carbocycles. The van der Waals surface area contributed by atoms with Gasteiger partial charge in [0.1, 0.15) is 11.7 Å². The van der Waals surface area contributed by atoms with Gasteiger partial charge in [-0.3, -0.25) is 0 Å². The van der Waals surface area contributed by atoms with Crippen molar-refractivity contribution in [2.45, 2.75) is 6.04 Å². The third kappa shape index (κ3) is 3.09. The molecule has 1 atom stereocenters. The van der Waals surface area contributed by atoms with E-state index in [2.05, 4.69) is 15.4 Å². The number of aromatic nitrogens is 1. The van der Waals surface area contributed by atoms with Gasteiger partial charge >= 0.3 is 0 Å². The molecule has 1 fully saturated rings. The molecule has 1 aromatic carbocycles. The van der Waals surface area contributed by atoms with E-state index in [0.717, 1.165) is 17.8 Å². The van der Waals surface area contributed by atoms with Gasteiger partial charge in [0.05, 0.1) is 13.2 Å². The van der Waals surface area contributed by atoms with Crippen molar-refractivity contribution in [2.24, 2.45) is 0 Å². The number of halogens is 1. The summed E-state index contributed by atoms with van der Waals surface area (Å²) in [6, 6.07) is 9.35. The normalized spacial score (nSPS) is 18.3. The third-order valence-electron chi connectivity index (χ3n) is 3.58. The van der Waals surface area contributed by atoms with Crippen LogP contribution in [0.2, 0.25) is 5.02 Å². The Balaban J connectivity index is 1.87. The van der Waals surface area contributed by atoms with E-state index in [-0.39, 0.29) is 6.04 Å². The molecule has 0 aliphatic carbocycles. The molecule has 1 N–H and O–H groups in total. The van der Waals surface area contributed by atoms with Crippen molar-refractivity contribution in [3.63, 3.8) is 0 Å². The average molecular weight is 338 g/mol. The summed E-state index contributed by atoms with van der Waals surface area (Å²) in [7, 11) is 1.81. The summed E-state index contributed by atoms with van der Waals surface area (Å²) in [5.41, 5.74) is 1.69. The molecule has 0 spiro atoms. The molecule has 1 unspecified atom stereocenters. The van der Waals surface area contributed by atoms with E-state index in [4.69, 9.17) is 33.1 Å². The first-order valence-electron chi connectivity index (χ1n) is 6.97. The molecule has 22 heavy (non-hydrogen) atoms. The van der Waals surface area contributed by atoms with Gasteiger partial charge in [-0.15, -0.1) is 0 Å². The summed E-state index contributed by atoms with van der Waals surface area (Å²) in [5, 5.41) is 8.53. The van der Waals surface area contributed by atoms with Crippen LogP contribution in [0, 0.1) is 0 Å². The van der Waals surface area contributed by atoms with Gasteiger partial charge in [-0.05, 0) is 24.4 Å². The fourth-order valence-electron chi connectivity index (χ4n) is 2.46. The Labute approximate surface area is 139 Å². The summed E-state index contributed by atoms with van der Waals surface area (Å²) in [6.45, 7) is 1.91. The number of hydrogen-bond acceptors (Lipinski definition) is 4. The SMILES string of the molecule is CNC(=S)N1CCOCC1c1cc(-c2cccc(Cl)c2)on1. The van der Waals surface area contributed by atoms with Crippen LogP contribution in [0.25, 0.3) is 11.3 Å². The molecule has 5 nitrogen and oxygen atoms in total. The lowest BCUT2D eigenvalue weighted by Gasteiger charge is -2.35. The average Bonchev–Trinajstić information content (AvgIpc) is 3.04. The first-order chi connectivity index (χ1) is 10.7. The predicted octanol–water partition coefficient (Wildman–Crippen LogP) is 2.87. The highest BCUT2D eigenvalue weighted by Gasteiger charge is 2.29. The maximum absolute atomic E-state index is 6.02. The first-order valence-corrected chi connectivity index (χ1v) is 7.76. The van der Waals surface area contributed by atoms with Gasteiger partial charge in [-0.1, -0.05) is 28.9 Å². The molecule has 2 aromatic rings. The number of nitrogens with zero attached hydrogens (tertiary/aromatic N) is 2. The lowest BCUT2D eigenvalue weighted by molar-refractivity contribution is 0.0231. The molecule has 3 rings (SSSR count). The zero-order valence-electron chi connectivity index (χ0n) is 12.1. The minimum absolute atomic E-state index is 0.0506. The smallest absolute Gasteiger partial charge is 0.169 e. The highest BCUT2D eigenvalue weighted by Crippen LogP contribution is 2.29. The van der Waals surface area contributed by atoms with Crippen LogP contribution in [-0.2, 0) is 4.74 Å². The number of morpholine rings is 1. The van der Waals surface area contributed by atoms with Crippen LogP contribution in [0.3, 0.4) is 0 Å². The maximum atomic E-state index is 6.02. The molecule has 7 heteroatoms. The molecule has 116 valence electrons. The molecular formula is C15H16ClN3O2S. The predicted molar refractivity (Wildman–Crippen MR) is 88.9 cm³/mol. The second-order valence-corrected chi connectivity index (χ2v) is 5.79. The lowest BCUT2D eigenvalue weighted by Crippen LogP contribution is -2.47. The minimum atomic E-state index is -0.0506. The zero-order chi connectivity index (χ0) is 15.5. The van der Waals surface area contributed by atoms with Gasteiger partial charge in [0.15, 0.2) is 10.9 Å². The molecule has 0 radical (unpaired) electrons. The van der Waals surface area contributed by atoms with Crippen molar-refractivity contribution in [1.29, 1.82) is 0 Å². The van der Waals surface area contributed by atoms with Crippen molar-refractivity contribution in [3.05, 3.63) is 41.0 Å². The Morgan fingerprint density at radius 2 is 2.32 bits per heavy atom. The minimum Gasteiger partial charge on any atom is -0.377 e. The maximum Gasteiger partial charge on any atom is 0.169 e. The fraction of sp³-hybridized carbons (Fsp3) is 0.333. The van der Waals surface area contributed by atoms with Crippen molar-refractivity contribution in [1.82, 2.24) is 15.4 Å². The molecule has 2 heterocycles. The monoisotopic (exact) mass is 337 g/mol. The molecule has 1 saturated heterocycles. The fourth-order valence-corrected chi connectivity index (χ4v) is 2.87. The Morgan fingerprint density at radius 3 is 3.09 bits per heavy atom. The Bertz CT molecular complexity index is 676. The van der Waals surface area contributed by atoms with Crippen molar-refractivity contribution >= 4 is 28.9 Å². The number of benzene rings is 1. The van der Waals surface area contributed by atoms with Gasteiger partial charge < -0.3 is 19.5 Å². The lowest BCUT2D eigenvalue weighted by atomic mass is 10.1. The van der Waals surface area contributed by atoms with Crippen LogP contribution in [0.15, 0.2) is 34.9 Å². The van der Waals surface area contributed by atoms with Gasteiger partial charge in [-0.2, -0.15) is 0 Å². The summed E-state index contributed by atoms with van der Waals surface area (Å²) in [4.78, 5) is 2.07. The summed E-state index contributed by atoms with van der Waals surface area (Å²) < 4.78 is 11.0. The highest BCUT2D eigenvalue weighted by molar-refractivity contribution is 7.80. The van der Waals surface area contributed by atoms with E-state index < -0.39 is 0 Å². The number of thiocarbonyl (C=S) groups is 1. The Hall–Kier alpha value is -1.63. The third-order valence-corrected chi connectivity index (χ3v) is 4.26. The molecular weight excluding hydrogens is 322 g/mol. The van der Waals surface area contributed by atoms with E-state index >= 15 is 0 Å². The van der Waals surface area contributed by atoms with Gasteiger partial charge in [0.2, 0.25) is 0 Å². The number of nitrogens with one attached hydrogen (secondary N) is 1. The second kappa shape index (κ2) is 6.64. The molecule has 0 bridgehead atoms. The first kappa shape index (κ1) is 15.3. The van der Waals surface area contributed by atoms with Crippen LogP contribution in [0.5, 0.6) is 0 Å². The van der Waals surface area contributed by atoms with E-state index in [0.29, 0.717) is 29.1 Å². The van der Waals surface area contributed by atoms with Gasteiger partial charge in [0, 0.05) is 30.2 Å². The van der Waals surface area contributed by atoms with Crippen LogP contribution >= 0.6 is 23.8 Å². The van der Waals surface area contributed by atoms with Crippen LogP contribution < -0.4 is 5.32 Å². The molecule has 0 amide bonds. The summed E-state index contributed by atoms with van der Waals surface area (Å²) in [6.07, 6.45) is 0. The van der Waals surface area contributed by atoms with Crippen LogP contribution in [0.4, 0.5) is 0 Å². The largest absolute Gasteiger partial charge is 0.377 e. The quantitative estimate of drug-likeness (QED) is 0.850. The molecule has 1 aromatic heterocycles. The van der Waals surface area contributed by atoms with E-state index in [1.807, 2.05) is 37.4 Å². The highest BCUT2D eigenvalue weighted by atomic mass is 35.5. The van der Waals surface area contributed by atoms with Gasteiger partial charge in [-0.25, -0.2) is 0 Å². The van der Waals surface area contributed by atoms with Gasteiger partial charge in [0.25, 0.3) is 0 Å². The van der Waals surface area contributed by atoms with E-state index in [9.17, 15) is 0 Å². The zero-order valence-corrected chi connectivity index (χ0v) is 13.7. The van der Waals surface area contributed by atoms with E-state index in [1.54, 1.807) is 0 Å². The van der Waals surface area contributed by atoms with E-state index in [1.165, 1.54) is 0 Å². The number of hydrogen-bond donors (Lipinski definition) is 1. The number of ether oxygens (including phenoxy) is 1. The van der Waals surface area contributed by atoms with Crippen molar-refractivity contribution in [3.8, 4) is 11.3 Å². The summed E-state index contributed by atoms with van der Waals surface area (Å²) >= 11 is 11.4. The van der Waals surface area contributed by atoms with Crippen LogP contribution in [0.1, 0.15) is 11.7 Å². The Morgan fingerprint density at radius 1 is 1.45 bits per heavy atom.